The van der Waals surface area contributed by atoms with Crippen LogP contribution < -0.4 is 0 Å². The Balaban J connectivity index is 1.58. The van der Waals surface area contributed by atoms with Crippen molar-refractivity contribution in [1.29, 1.82) is 0 Å². The van der Waals surface area contributed by atoms with Crippen molar-refractivity contribution in [1.82, 2.24) is 4.90 Å². The lowest BCUT2D eigenvalue weighted by Crippen LogP contribution is -2.38. The van der Waals surface area contributed by atoms with E-state index in [4.69, 9.17) is 9.68 Å². The first-order valence-corrected chi connectivity index (χ1v) is 10.0. The van der Waals surface area contributed by atoms with Crippen molar-refractivity contribution in [2.45, 2.75) is 13.2 Å². The van der Waals surface area contributed by atoms with Gasteiger partial charge in [0.1, 0.15) is 6.61 Å². The zero-order valence-corrected chi connectivity index (χ0v) is 17.4. The number of nitrogens with zero attached hydrogens (tertiary/aromatic N) is 3. The molecule has 3 aromatic carbocycles. The predicted octanol–water partition coefficient (Wildman–Crippen LogP) is 3.80. The molecule has 3 rings (SSSR count). The summed E-state index contributed by atoms with van der Waals surface area (Å²) < 4.78 is 0. The van der Waals surface area contributed by atoms with Gasteiger partial charge in [0.2, 0.25) is 0 Å². The normalized spacial score (nSPS) is 10.9. The molecule has 0 aliphatic rings. The van der Waals surface area contributed by atoms with E-state index in [-0.39, 0.29) is 13.1 Å². The van der Waals surface area contributed by atoms with Gasteiger partial charge in [0.25, 0.3) is 0 Å². The van der Waals surface area contributed by atoms with Crippen molar-refractivity contribution < 1.29 is 19.3 Å². The molecule has 0 heterocycles. The third-order valence-electron chi connectivity index (χ3n) is 4.34. The van der Waals surface area contributed by atoms with Crippen LogP contribution >= 0.6 is 0 Å². The summed E-state index contributed by atoms with van der Waals surface area (Å²) in [5.74, 6) is -1.90. The molecule has 0 aliphatic carbocycles. The second-order valence-corrected chi connectivity index (χ2v) is 6.74. The maximum atomic E-state index is 12.7. The first-order valence-electron chi connectivity index (χ1n) is 10.0. The summed E-state index contributed by atoms with van der Waals surface area (Å²) in [5.41, 5.74) is 2.58. The molecule has 32 heavy (non-hydrogen) atoms. The Morgan fingerprint density at radius 1 is 0.781 bits per heavy atom. The average Bonchev–Trinajstić information content (AvgIpc) is 2.84. The molecule has 7 heteroatoms. The van der Waals surface area contributed by atoms with Crippen LogP contribution in [0.3, 0.4) is 0 Å². The third-order valence-corrected chi connectivity index (χ3v) is 4.34. The maximum absolute atomic E-state index is 12.7. The second kappa shape index (κ2) is 12.4. The van der Waals surface area contributed by atoms with Crippen molar-refractivity contribution >= 4 is 24.3 Å². The van der Waals surface area contributed by atoms with Crippen molar-refractivity contribution in [3.05, 3.63) is 108 Å². The Labute approximate surface area is 186 Å². The lowest BCUT2D eigenvalue weighted by atomic mass is 10.2. The van der Waals surface area contributed by atoms with Crippen LogP contribution in [-0.2, 0) is 32.4 Å². The number of hydrogen-bond acceptors (Lipinski definition) is 6. The van der Waals surface area contributed by atoms with Crippen LogP contribution in [0.4, 0.5) is 0 Å². The summed E-state index contributed by atoms with van der Waals surface area (Å²) >= 11 is 0. The van der Waals surface area contributed by atoms with Gasteiger partial charge in [-0.15, -0.1) is 0 Å². The summed E-state index contributed by atoms with van der Waals surface area (Å²) in [7, 11) is 0. The van der Waals surface area contributed by atoms with E-state index in [0.717, 1.165) is 16.7 Å². The molecule has 0 atom stereocenters. The fraction of sp³-hybridized carbons (Fsp3) is 0.120. The molecular formula is C25H23N3O4. The predicted molar refractivity (Wildman–Crippen MR) is 122 cm³/mol. The Morgan fingerprint density at radius 3 is 2.03 bits per heavy atom. The quantitative estimate of drug-likeness (QED) is 0.224. The summed E-state index contributed by atoms with van der Waals surface area (Å²) in [6.07, 6.45) is 2.80. The number of rotatable bonds is 9. The minimum Gasteiger partial charge on any atom is -0.391 e. The largest absolute Gasteiger partial charge is 0.422 e. The molecule has 3 aromatic rings. The number of oxime groups is 2. The topological polar surface area (TPSA) is 80.6 Å². The van der Waals surface area contributed by atoms with Gasteiger partial charge in [-0.2, -0.15) is 0 Å². The van der Waals surface area contributed by atoms with Gasteiger partial charge in [-0.05, 0) is 16.7 Å². The van der Waals surface area contributed by atoms with Gasteiger partial charge >= 0.3 is 11.9 Å². The molecule has 0 saturated carbocycles. The van der Waals surface area contributed by atoms with Crippen LogP contribution in [-0.4, -0.2) is 35.8 Å². The molecule has 7 nitrogen and oxygen atoms in total. The zero-order valence-electron chi connectivity index (χ0n) is 17.4. The summed E-state index contributed by atoms with van der Waals surface area (Å²) in [4.78, 5) is 36.2. The van der Waals surface area contributed by atoms with E-state index < -0.39 is 11.9 Å². The van der Waals surface area contributed by atoms with Crippen LogP contribution in [0.5, 0.6) is 0 Å². The second-order valence-electron chi connectivity index (χ2n) is 6.74. The molecule has 0 bridgehead atoms. The van der Waals surface area contributed by atoms with Crippen molar-refractivity contribution in [2.24, 2.45) is 10.3 Å². The maximum Gasteiger partial charge on any atom is 0.422 e. The van der Waals surface area contributed by atoms with Crippen LogP contribution in [0.15, 0.2) is 101 Å². The molecule has 162 valence electrons. The number of hydrogen-bond donors (Lipinski definition) is 0. The fourth-order valence-electron chi connectivity index (χ4n) is 2.74. The minimum absolute atomic E-state index is 0.0695. The molecule has 1 amide bonds. The molecule has 0 fully saturated rings. The van der Waals surface area contributed by atoms with Gasteiger partial charge in [-0.1, -0.05) is 101 Å². The van der Waals surface area contributed by atoms with Crippen molar-refractivity contribution in [2.75, 3.05) is 6.54 Å². The van der Waals surface area contributed by atoms with Crippen LogP contribution in [0.2, 0.25) is 0 Å². The average molecular weight is 429 g/mol. The van der Waals surface area contributed by atoms with Crippen molar-refractivity contribution in [3.8, 4) is 0 Å². The number of benzene rings is 3. The van der Waals surface area contributed by atoms with E-state index >= 15 is 0 Å². The minimum atomic E-state index is -1.08. The van der Waals surface area contributed by atoms with Gasteiger partial charge < -0.3 is 14.6 Å². The highest BCUT2D eigenvalue weighted by molar-refractivity contribution is 6.32. The Bertz CT molecular complexity index is 1040. The molecule has 0 radical (unpaired) electrons. The molecule has 0 unspecified atom stereocenters. The molecule has 0 aromatic heterocycles. The van der Waals surface area contributed by atoms with E-state index in [1.54, 1.807) is 12.1 Å². The smallest absolute Gasteiger partial charge is 0.391 e. The van der Waals surface area contributed by atoms with Gasteiger partial charge in [0.15, 0.2) is 0 Å². The highest BCUT2D eigenvalue weighted by Gasteiger charge is 2.23. The number of amides is 1. The van der Waals surface area contributed by atoms with E-state index in [1.807, 2.05) is 78.9 Å². The van der Waals surface area contributed by atoms with Gasteiger partial charge in [0, 0.05) is 6.54 Å². The zero-order chi connectivity index (χ0) is 22.4. The van der Waals surface area contributed by atoms with E-state index in [9.17, 15) is 9.59 Å². The number of carbonyl (C=O) groups is 2. The molecule has 0 spiro atoms. The van der Waals surface area contributed by atoms with E-state index in [1.165, 1.54) is 17.3 Å². The standard InChI is InChI=1S/C25H23N3O4/c29-24(25(30)32-27-18-21-10-4-1-5-11-21)28(19-22-12-6-2-7-13-22)17-16-26-31-20-23-14-8-3-9-15-23/h1-16,18H,17,19-20H2/b26-16+,27-18+. The monoisotopic (exact) mass is 429 g/mol. The summed E-state index contributed by atoms with van der Waals surface area (Å²) in [6.45, 7) is 0.585. The first kappa shape index (κ1) is 22.4. The molecule has 0 saturated heterocycles. The van der Waals surface area contributed by atoms with Gasteiger partial charge in [-0.25, -0.2) is 4.79 Å². The lowest BCUT2D eigenvalue weighted by molar-refractivity contribution is -0.160. The van der Waals surface area contributed by atoms with Gasteiger partial charge in [0.05, 0.1) is 19.0 Å². The Kier molecular flexibility index (Phi) is 8.72. The summed E-state index contributed by atoms with van der Waals surface area (Å²) in [5, 5.41) is 7.51. The Morgan fingerprint density at radius 2 is 1.38 bits per heavy atom. The van der Waals surface area contributed by atoms with Crippen LogP contribution in [0.1, 0.15) is 16.7 Å². The highest BCUT2D eigenvalue weighted by atomic mass is 16.7. The van der Waals surface area contributed by atoms with Crippen molar-refractivity contribution in [3.63, 3.8) is 0 Å². The molecule has 0 N–H and O–H groups in total. The Hall–Kier alpha value is -4.26. The third kappa shape index (κ3) is 7.53. The lowest BCUT2D eigenvalue weighted by Gasteiger charge is -2.19. The number of carbonyl (C=O) groups excluding carboxylic acids is 2. The van der Waals surface area contributed by atoms with Gasteiger partial charge in [-0.3, -0.25) is 4.79 Å². The highest BCUT2D eigenvalue weighted by Crippen LogP contribution is 2.06. The SMILES string of the molecule is O=C(O/N=C/c1ccccc1)C(=O)N(C/C=N/OCc1ccccc1)Cc1ccccc1. The first-order chi connectivity index (χ1) is 15.7. The van der Waals surface area contributed by atoms with E-state index in [2.05, 4.69) is 10.3 Å². The fourth-order valence-corrected chi connectivity index (χ4v) is 2.74. The van der Waals surface area contributed by atoms with Crippen LogP contribution in [0, 0.1) is 0 Å². The van der Waals surface area contributed by atoms with Crippen LogP contribution in [0.25, 0.3) is 0 Å². The molecule has 0 aliphatic heterocycles. The molecular weight excluding hydrogens is 406 g/mol. The van der Waals surface area contributed by atoms with E-state index in [0.29, 0.717) is 6.61 Å². The summed E-state index contributed by atoms with van der Waals surface area (Å²) in [6, 6.07) is 28.0.